The van der Waals surface area contributed by atoms with Crippen molar-refractivity contribution in [2.75, 3.05) is 13.1 Å². The topological polar surface area (TPSA) is 84.0 Å². The second kappa shape index (κ2) is 8.21. The predicted octanol–water partition coefficient (Wildman–Crippen LogP) is 3.11. The van der Waals surface area contributed by atoms with Gasteiger partial charge in [-0.3, -0.25) is 9.89 Å². The van der Waals surface area contributed by atoms with E-state index in [4.69, 9.17) is 4.74 Å². The molecule has 2 aromatic heterocycles. The zero-order valence-corrected chi connectivity index (χ0v) is 15.8. The quantitative estimate of drug-likeness (QED) is 0.739. The molecule has 1 aliphatic rings. The average Bonchev–Trinajstić information content (AvgIpc) is 3.25. The number of piperidine rings is 1. The highest BCUT2D eigenvalue weighted by Crippen LogP contribution is 2.20. The van der Waals surface area contributed by atoms with Gasteiger partial charge in [0.05, 0.1) is 12.2 Å². The molecule has 1 amide bonds. The van der Waals surface area contributed by atoms with Crippen molar-refractivity contribution in [2.24, 2.45) is 0 Å². The number of amides is 1. The van der Waals surface area contributed by atoms with Crippen LogP contribution >= 0.6 is 0 Å². The van der Waals surface area contributed by atoms with Gasteiger partial charge in [-0.1, -0.05) is 37.3 Å². The zero-order chi connectivity index (χ0) is 19.3. The van der Waals surface area contributed by atoms with Gasteiger partial charge in [0.25, 0.3) is 5.91 Å². The third-order valence-electron chi connectivity index (χ3n) is 4.91. The first-order valence-electron chi connectivity index (χ1n) is 9.60. The minimum Gasteiger partial charge on any atom is -0.458 e. The molecule has 28 heavy (non-hydrogen) atoms. The van der Waals surface area contributed by atoms with Crippen molar-refractivity contribution in [1.29, 1.82) is 0 Å². The summed E-state index contributed by atoms with van der Waals surface area (Å²) in [5, 5.41) is 7.15. The molecule has 0 spiro atoms. The van der Waals surface area contributed by atoms with Gasteiger partial charge in [0.2, 0.25) is 0 Å². The molecule has 1 aromatic carbocycles. The van der Waals surface area contributed by atoms with E-state index in [1.165, 1.54) is 0 Å². The smallest absolute Gasteiger partial charge is 0.316 e. The Kier molecular flexibility index (Phi) is 5.32. The van der Waals surface area contributed by atoms with Crippen LogP contribution in [0.25, 0.3) is 11.3 Å². The van der Waals surface area contributed by atoms with Crippen LogP contribution < -0.4 is 4.74 Å². The molecule has 7 heteroatoms. The number of ether oxygens (including phenoxy) is 1. The summed E-state index contributed by atoms with van der Waals surface area (Å²) in [4.78, 5) is 23.2. The molecule has 0 bridgehead atoms. The number of aromatic nitrogens is 4. The van der Waals surface area contributed by atoms with Crippen LogP contribution in [0.3, 0.4) is 0 Å². The Morgan fingerprint density at radius 1 is 1.25 bits per heavy atom. The summed E-state index contributed by atoms with van der Waals surface area (Å²) in [6.07, 6.45) is 6.10. The molecule has 144 valence electrons. The zero-order valence-electron chi connectivity index (χ0n) is 15.8. The Bertz CT molecular complexity index is 923. The van der Waals surface area contributed by atoms with Crippen LogP contribution in [0.5, 0.6) is 6.01 Å². The molecule has 0 saturated carbocycles. The van der Waals surface area contributed by atoms with Crippen molar-refractivity contribution < 1.29 is 9.53 Å². The van der Waals surface area contributed by atoms with Crippen molar-refractivity contribution in [2.45, 2.75) is 32.3 Å². The Balaban J connectivity index is 1.41. The first-order chi connectivity index (χ1) is 13.7. The summed E-state index contributed by atoms with van der Waals surface area (Å²) < 4.78 is 5.90. The lowest BCUT2D eigenvalue weighted by atomic mass is 10.1. The van der Waals surface area contributed by atoms with Crippen LogP contribution in [-0.2, 0) is 6.42 Å². The number of carbonyl (C=O) groups excluding carboxylic acids is 1. The Morgan fingerprint density at radius 3 is 2.79 bits per heavy atom. The summed E-state index contributed by atoms with van der Waals surface area (Å²) in [5.74, 6) is -0.0646. The van der Waals surface area contributed by atoms with Gasteiger partial charge in [-0.05, 0) is 30.9 Å². The minimum atomic E-state index is -0.110. The first kappa shape index (κ1) is 18.2. The third-order valence-corrected chi connectivity index (χ3v) is 4.91. The van der Waals surface area contributed by atoms with Gasteiger partial charge in [-0.15, -0.1) is 0 Å². The average molecular weight is 377 g/mol. The van der Waals surface area contributed by atoms with Gasteiger partial charge in [0, 0.05) is 24.5 Å². The molecular weight excluding hydrogens is 354 g/mol. The number of benzene rings is 1. The summed E-state index contributed by atoms with van der Waals surface area (Å²) in [6, 6.07) is 12.0. The molecular formula is C21H23N5O2. The number of aryl methyl sites for hydroxylation is 1. The normalized spacial score (nSPS) is 16.8. The molecule has 1 N–H and O–H groups in total. The van der Waals surface area contributed by atoms with Crippen LogP contribution in [0.15, 0.2) is 48.8 Å². The Hall–Kier alpha value is -3.22. The van der Waals surface area contributed by atoms with Crippen molar-refractivity contribution in [3.8, 4) is 17.3 Å². The molecule has 1 unspecified atom stereocenters. The second-order valence-electron chi connectivity index (χ2n) is 6.89. The summed E-state index contributed by atoms with van der Waals surface area (Å²) in [6.45, 7) is 3.27. The lowest BCUT2D eigenvalue weighted by Crippen LogP contribution is -2.44. The fraction of sp³-hybridized carbons (Fsp3) is 0.333. The summed E-state index contributed by atoms with van der Waals surface area (Å²) in [5.41, 5.74) is 3.30. The number of carbonyl (C=O) groups is 1. The lowest BCUT2D eigenvalue weighted by molar-refractivity contribution is 0.0510. The fourth-order valence-electron chi connectivity index (χ4n) is 3.31. The fourth-order valence-corrected chi connectivity index (χ4v) is 3.31. The van der Waals surface area contributed by atoms with E-state index >= 15 is 0 Å². The van der Waals surface area contributed by atoms with Crippen LogP contribution in [0.4, 0.5) is 0 Å². The van der Waals surface area contributed by atoms with Gasteiger partial charge in [0.1, 0.15) is 11.8 Å². The lowest BCUT2D eigenvalue weighted by Gasteiger charge is -2.32. The minimum absolute atomic E-state index is 0.0646. The standard InChI is InChI=1S/C21H23N5O2/c1-2-15-12-22-21(23-13-15)28-17-9-6-10-26(14-17)20(27)19-11-18(24-25-19)16-7-4-3-5-8-16/h3-5,7-8,11-13,17H,2,6,9-10,14H2,1H3,(H,24,25). The van der Waals surface area contributed by atoms with Crippen LogP contribution in [0, 0.1) is 0 Å². The van der Waals surface area contributed by atoms with E-state index in [0.717, 1.165) is 36.1 Å². The van der Waals surface area contributed by atoms with E-state index in [1.54, 1.807) is 23.4 Å². The number of H-pyrrole nitrogens is 1. The van der Waals surface area contributed by atoms with E-state index in [0.29, 0.717) is 24.8 Å². The van der Waals surface area contributed by atoms with E-state index in [9.17, 15) is 4.79 Å². The van der Waals surface area contributed by atoms with Gasteiger partial charge in [0.15, 0.2) is 0 Å². The SMILES string of the molecule is CCc1cnc(OC2CCCN(C(=O)c3cc(-c4ccccc4)n[nH]3)C2)nc1. The number of nitrogens with zero attached hydrogens (tertiary/aromatic N) is 4. The molecule has 3 aromatic rings. The van der Waals surface area contributed by atoms with Crippen molar-refractivity contribution >= 4 is 5.91 Å². The molecule has 1 aliphatic heterocycles. The molecule has 1 atom stereocenters. The number of rotatable bonds is 5. The van der Waals surface area contributed by atoms with Crippen molar-refractivity contribution in [1.82, 2.24) is 25.1 Å². The highest BCUT2D eigenvalue weighted by Gasteiger charge is 2.27. The maximum Gasteiger partial charge on any atom is 0.316 e. The van der Waals surface area contributed by atoms with Crippen LogP contribution in [0.2, 0.25) is 0 Å². The van der Waals surface area contributed by atoms with Gasteiger partial charge in [-0.25, -0.2) is 9.97 Å². The second-order valence-corrected chi connectivity index (χ2v) is 6.89. The largest absolute Gasteiger partial charge is 0.458 e. The van der Waals surface area contributed by atoms with Gasteiger partial charge >= 0.3 is 6.01 Å². The maximum atomic E-state index is 12.9. The number of nitrogens with one attached hydrogen (secondary N) is 1. The molecule has 0 radical (unpaired) electrons. The summed E-state index contributed by atoms with van der Waals surface area (Å²) >= 11 is 0. The van der Waals surface area contributed by atoms with Crippen molar-refractivity contribution in [3.05, 3.63) is 60.0 Å². The molecule has 7 nitrogen and oxygen atoms in total. The number of hydrogen-bond acceptors (Lipinski definition) is 5. The Morgan fingerprint density at radius 2 is 2.04 bits per heavy atom. The van der Waals surface area contributed by atoms with Gasteiger partial charge in [-0.2, -0.15) is 5.10 Å². The van der Waals surface area contributed by atoms with Crippen molar-refractivity contribution in [3.63, 3.8) is 0 Å². The van der Waals surface area contributed by atoms with Crippen LogP contribution in [-0.4, -0.2) is 50.2 Å². The Labute approximate surface area is 163 Å². The molecule has 1 saturated heterocycles. The van der Waals surface area contributed by atoms with E-state index in [-0.39, 0.29) is 12.0 Å². The number of aromatic amines is 1. The molecule has 0 aliphatic carbocycles. The first-order valence-corrected chi connectivity index (χ1v) is 9.60. The molecule has 3 heterocycles. The number of hydrogen-bond donors (Lipinski definition) is 1. The monoisotopic (exact) mass is 377 g/mol. The summed E-state index contributed by atoms with van der Waals surface area (Å²) in [7, 11) is 0. The molecule has 1 fully saturated rings. The third kappa shape index (κ3) is 4.03. The highest BCUT2D eigenvalue weighted by atomic mass is 16.5. The van der Waals surface area contributed by atoms with E-state index in [2.05, 4.69) is 27.1 Å². The van der Waals surface area contributed by atoms with Gasteiger partial charge < -0.3 is 9.64 Å². The number of likely N-dealkylation sites (tertiary alicyclic amines) is 1. The highest BCUT2D eigenvalue weighted by molar-refractivity contribution is 5.93. The predicted molar refractivity (Wildman–Crippen MR) is 105 cm³/mol. The molecule has 4 rings (SSSR count). The van der Waals surface area contributed by atoms with E-state index in [1.807, 2.05) is 30.3 Å². The van der Waals surface area contributed by atoms with E-state index < -0.39 is 0 Å². The van der Waals surface area contributed by atoms with Crippen LogP contribution in [0.1, 0.15) is 35.8 Å². The maximum absolute atomic E-state index is 12.9.